The van der Waals surface area contributed by atoms with Gasteiger partial charge in [0.15, 0.2) is 0 Å². The number of aryl methyl sites for hydroxylation is 1. The minimum atomic E-state index is 0.0480. The molecule has 0 bridgehead atoms. The number of benzene rings is 1. The van der Waals surface area contributed by atoms with Crippen molar-refractivity contribution in [3.8, 4) is 0 Å². The molecular weight excluding hydrogens is 162 g/mol. The monoisotopic (exact) mass is 177 g/mol. The lowest BCUT2D eigenvalue weighted by atomic mass is 9.94. The van der Waals surface area contributed by atoms with Crippen LogP contribution in [-0.2, 0) is 4.74 Å². The summed E-state index contributed by atoms with van der Waals surface area (Å²) in [6.07, 6.45) is 0.190. The van der Waals surface area contributed by atoms with E-state index in [-0.39, 0.29) is 12.1 Å². The standard InChI is InChI=1S/C11H15NO/c1-7-3-4-9-10(5-7)8(2)13-6-11(9)12/h3-5,8,11H,6,12H2,1-2H3/t8-,11+/m1/s1. The second kappa shape index (κ2) is 3.13. The van der Waals surface area contributed by atoms with Crippen molar-refractivity contribution in [2.45, 2.75) is 26.0 Å². The van der Waals surface area contributed by atoms with Gasteiger partial charge in [0.1, 0.15) is 0 Å². The predicted octanol–water partition coefficient (Wildman–Crippen LogP) is 2.09. The summed E-state index contributed by atoms with van der Waals surface area (Å²) in [6, 6.07) is 6.44. The Bertz CT molecular complexity index is 322. The number of nitrogens with two attached hydrogens (primary N) is 1. The molecule has 0 spiro atoms. The molecule has 2 nitrogen and oxygen atoms in total. The van der Waals surface area contributed by atoms with E-state index < -0.39 is 0 Å². The smallest absolute Gasteiger partial charge is 0.0801 e. The van der Waals surface area contributed by atoms with Gasteiger partial charge in [-0.05, 0) is 25.0 Å². The van der Waals surface area contributed by atoms with Crippen molar-refractivity contribution in [2.75, 3.05) is 6.61 Å². The molecule has 0 unspecified atom stereocenters. The van der Waals surface area contributed by atoms with Crippen molar-refractivity contribution in [1.82, 2.24) is 0 Å². The van der Waals surface area contributed by atoms with E-state index in [1.165, 1.54) is 16.7 Å². The Labute approximate surface area is 78.7 Å². The molecule has 1 aliphatic heterocycles. The first kappa shape index (κ1) is 8.73. The number of hydrogen-bond donors (Lipinski definition) is 1. The maximum atomic E-state index is 5.93. The van der Waals surface area contributed by atoms with E-state index in [1.807, 2.05) is 0 Å². The fourth-order valence-electron chi connectivity index (χ4n) is 1.81. The molecule has 0 fully saturated rings. The maximum absolute atomic E-state index is 5.93. The fourth-order valence-corrected chi connectivity index (χ4v) is 1.81. The van der Waals surface area contributed by atoms with E-state index >= 15 is 0 Å². The number of ether oxygens (including phenoxy) is 1. The molecule has 2 N–H and O–H groups in total. The zero-order valence-electron chi connectivity index (χ0n) is 8.08. The lowest BCUT2D eigenvalue weighted by Gasteiger charge is -2.28. The Balaban J connectivity index is 2.50. The van der Waals surface area contributed by atoms with Gasteiger partial charge < -0.3 is 10.5 Å². The average molecular weight is 177 g/mol. The molecule has 1 aliphatic rings. The first-order valence-electron chi connectivity index (χ1n) is 4.66. The predicted molar refractivity (Wildman–Crippen MR) is 52.5 cm³/mol. The zero-order valence-corrected chi connectivity index (χ0v) is 8.08. The van der Waals surface area contributed by atoms with Crippen LogP contribution in [0.15, 0.2) is 18.2 Å². The molecule has 13 heavy (non-hydrogen) atoms. The Kier molecular flexibility index (Phi) is 2.10. The van der Waals surface area contributed by atoms with Crippen LogP contribution >= 0.6 is 0 Å². The van der Waals surface area contributed by atoms with Crippen molar-refractivity contribution in [3.05, 3.63) is 34.9 Å². The Morgan fingerprint density at radius 3 is 2.92 bits per heavy atom. The van der Waals surface area contributed by atoms with Crippen molar-refractivity contribution in [2.24, 2.45) is 5.73 Å². The molecule has 0 radical (unpaired) electrons. The first-order valence-corrected chi connectivity index (χ1v) is 4.66. The molecule has 2 heteroatoms. The maximum Gasteiger partial charge on any atom is 0.0801 e. The SMILES string of the molecule is Cc1ccc2c(c1)[C@@H](C)OC[C@@H]2N. The van der Waals surface area contributed by atoms with Gasteiger partial charge in [0.05, 0.1) is 18.8 Å². The molecule has 1 aromatic rings. The van der Waals surface area contributed by atoms with Gasteiger partial charge in [-0.25, -0.2) is 0 Å². The molecule has 0 amide bonds. The summed E-state index contributed by atoms with van der Waals surface area (Å²) < 4.78 is 5.55. The van der Waals surface area contributed by atoms with Gasteiger partial charge in [-0.1, -0.05) is 23.8 Å². The highest BCUT2D eigenvalue weighted by molar-refractivity contribution is 5.36. The van der Waals surface area contributed by atoms with Crippen LogP contribution in [0.25, 0.3) is 0 Å². The van der Waals surface area contributed by atoms with Crippen molar-refractivity contribution in [1.29, 1.82) is 0 Å². The second-order valence-electron chi connectivity index (χ2n) is 3.71. The summed E-state index contributed by atoms with van der Waals surface area (Å²) >= 11 is 0. The van der Waals surface area contributed by atoms with Gasteiger partial charge in [-0.2, -0.15) is 0 Å². The number of hydrogen-bond acceptors (Lipinski definition) is 2. The summed E-state index contributed by atoms with van der Waals surface area (Å²) in [5.41, 5.74) is 9.69. The normalized spacial score (nSPS) is 27.0. The minimum absolute atomic E-state index is 0.0480. The quantitative estimate of drug-likeness (QED) is 0.658. The van der Waals surface area contributed by atoms with E-state index in [4.69, 9.17) is 10.5 Å². The summed E-state index contributed by atoms with van der Waals surface area (Å²) in [4.78, 5) is 0. The van der Waals surface area contributed by atoms with E-state index in [2.05, 4.69) is 32.0 Å². The van der Waals surface area contributed by atoms with Crippen molar-refractivity contribution in [3.63, 3.8) is 0 Å². The van der Waals surface area contributed by atoms with Gasteiger partial charge in [-0.3, -0.25) is 0 Å². The van der Waals surface area contributed by atoms with Crippen molar-refractivity contribution >= 4 is 0 Å². The number of fused-ring (bicyclic) bond motifs is 1. The lowest BCUT2D eigenvalue weighted by Crippen LogP contribution is -2.25. The molecule has 1 aromatic carbocycles. The third-order valence-corrected chi connectivity index (χ3v) is 2.61. The van der Waals surface area contributed by atoms with Gasteiger partial charge in [-0.15, -0.1) is 0 Å². The van der Waals surface area contributed by atoms with Crippen LogP contribution in [0, 0.1) is 6.92 Å². The summed E-state index contributed by atoms with van der Waals surface area (Å²) in [6.45, 7) is 4.80. The summed E-state index contributed by atoms with van der Waals surface area (Å²) in [5.74, 6) is 0. The highest BCUT2D eigenvalue weighted by Gasteiger charge is 2.22. The van der Waals surface area contributed by atoms with E-state index in [9.17, 15) is 0 Å². The van der Waals surface area contributed by atoms with E-state index in [0.717, 1.165) is 0 Å². The van der Waals surface area contributed by atoms with Crippen LogP contribution in [0.5, 0.6) is 0 Å². The Morgan fingerprint density at radius 1 is 1.38 bits per heavy atom. The van der Waals surface area contributed by atoms with Gasteiger partial charge >= 0.3 is 0 Å². The Hall–Kier alpha value is -0.860. The van der Waals surface area contributed by atoms with Gasteiger partial charge in [0.2, 0.25) is 0 Å². The molecule has 0 saturated heterocycles. The van der Waals surface area contributed by atoms with Gasteiger partial charge in [0.25, 0.3) is 0 Å². The highest BCUT2D eigenvalue weighted by Crippen LogP contribution is 2.31. The summed E-state index contributed by atoms with van der Waals surface area (Å²) in [5, 5.41) is 0. The lowest BCUT2D eigenvalue weighted by molar-refractivity contribution is 0.0407. The molecule has 0 aliphatic carbocycles. The van der Waals surface area contributed by atoms with Gasteiger partial charge in [0, 0.05) is 0 Å². The Morgan fingerprint density at radius 2 is 2.15 bits per heavy atom. The molecule has 0 saturated carbocycles. The molecule has 1 heterocycles. The zero-order chi connectivity index (χ0) is 9.42. The molecule has 2 atom stereocenters. The fraction of sp³-hybridized carbons (Fsp3) is 0.455. The first-order chi connectivity index (χ1) is 6.18. The molecular formula is C11H15NO. The van der Waals surface area contributed by atoms with E-state index in [0.29, 0.717) is 6.61 Å². The number of rotatable bonds is 0. The van der Waals surface area contributed by atoms with Crippen LogP contribution in [0.1, 0.15) is 35.8 Å². The second-order valence-corrected chi connectivity index (χ2v) is 3.71. The van der Waals surface area contributed by atoms with Crippen LogP contribution in [0.2, 0.25) is 0 Å². The van der Waals surface area contributed by atoms with E-state index in [1.54, 1.807) is 0 Å². The van der Waals surface area contributed by atoms with Crippen LogP contribution in [-0.4, -0.2) is 6.61 Å². The topological polar surface area (TPSA) is 35.2 Å². The third kappa shape index (κ3) is 1.47. The van der Waals surface area contributed by atoms with Crippen LogP contribution in [0.3, 0.4) is 0 Å². The molecule has 70 valence electrons. The summed E-state index contributed by atoms with van der Waals surface area (Å²) in [7, 11) is 0. The third-order valence-electron chi connectivity index (χ3n) is 2.61. The van der Waals surface area contributed by atoms with Crippen LogP contribution < -0.4 is 5.73 Å². The van der Waals surface area contributed by atoms with Crippen LogP contribution in [0.4, 0.5) is 0 Å². The largest absolute Gasteiger partial charge is 0.372 e. The minimum Gasteiger partial charge on any atom is -0.372 e. The highest BCUT2D eigenvalue weighted by atomic mass is 16.5. The van der Waals surface area contributed by atoms with Crippen molar-refractivity contribution < 1.29 is 4.74 Å². The molecule has 2 rings (SSSR count). The molecule has 0 aromatic heterocycles. The average Bonchev–Trinajstić information content (AvgIpc) is 2.12.